The summed E-state index contributed by atoms with van der Waals surface area (Å²) in [6.45, 7) is 0. The normalized spacial score (nSPS) is 10.5. The van der Waals surface area contributed by atoms with Gasteiger partial charge in [0.2, 0.25) is 17.6 Å². The number of rotatable bonds is 8. The van der Waals surface area contributed by atoms with Gasteiger partial charge in [-0.15, -0.1) is 0 Å². The molecule has 28 heavy (non-hydrogen) atoms. The van der Waals surface area contributed by atoms with Gasteiger partial charge in [0.05, 0.1) is 19.2 Å². The van der Waals surface area contributed by atoms with Crippen molar-refractivity contribution in [1.29, 1.82) is 0 Å². The van der Waals surface area contributed by atoms with Crippen LogP contribution < -0.4 is 14.8 Å². The van der Waals surface area contributed by atoms with E-state index in [1.165, 1.54) is 7.11 Å². The highest BCUT2D eigenvalue weighted by Gasteiger charge is 2.10. The highest BCUT2D eigenvalue weighted by Crippen LogP contribution is 2.27. The van der Waals surface area contributed by atoms with Gasteiger partial charge in [0, 0.05) is 24.1 Å². The number of methoxy groups -OCH3 is 2. The van der Waals surface area contributed by atoms with Gasteiger partial charge >= 0.3 is 0 Å². The van der Waals surface area contributed by atoms with Crippen LogP contribution in [0, 0.1) is 0 Å². The standard InChI is InChI=1S/C20H20ClN3O4/c1-26-15-9-6-13(7-10-15)20-23-19(28-24-20)5-3-4-18(25)22-14-8-11-17(27-2)16(21)12-14/h6-12H,3-5H2,1-2H3,(H,22,25). The number of benzene rings is 2. The summed E-state index contributed by atoms with van der Waals surface area (Å²) in [4.78, 5) is 16.5. The maximum atomic E-state index is 12.1. The number of anilines is 1. The lowest BCUT2D eigenvalue weighted by Gasteiger charge is -2.07. The van der Waals surface area contributed by atoms with E-state index in [1.807, 2.05) is 24.3 Å². The first-order chi connectivity index (χ1) is 13.6. The Hall–Kier alpha value is -3.06. The van der Waals surface area contributed by atoms with E-state index in [1.54, 1.807) is 25.3 Å². The van der Waals surface area contributed by atoms with Crippen molar-refractivity contribution in [1.82, 2.24) is 10.1 Å². The highest BCUT2D eigenvalue weighted by atomic mass is 35.5. The Morgan fingerprint density at radius 2 is 1.93 bits per heavy atom. The van der Waals surface area contributed by atoms with Gasteiger partial charge in [-0.2, -0.15) is 4.98 Å². The molecule has 0 spiro atoms. The zero-order valence-electron chi connectivity index (χ0n) is 15.6. The minimum atomic E-state index is -0.115. The van der Waals surface area contributed by atoms with Crippen molar-refractivity contribution in [3.63, 3.8) is 0 Å². The SMILES string of the molecule is COc1ccc(-c2noc(CCCC(=O)Nc3ccc(OC)c(Cl)c3)n2)cc1. The van der Waals surface area contributed by atoms with E-state index in [4.69, 9.17) is 25.6 Å². The van der Waals surface area contributed by atoms with Gasteiger partial charge in [-0.05, 0) is 48.9 Å². The van der Waals surface area contributed by atoms with E-state index in [0.29, 0.717) is 47.4 Å². The fraction of sp³-hybridized carbons (Fsp3) is 0.250. The van der Waals surface area contributed by atoms with Crippen LogP contribution in [0.2, 0.25) is 5.02 Å². The number of nitrogens with one attached hydrogen (secondary N) is 1. The third-order valence-corrected chi connectivity index (χ3v) is 4.34. The molecular formula is C20H20ClN3O4. The van der Waals surface area contributed by atoms with Gasteiger partial charge in [-0.3, -0.25) is 4.79 Å². The molecule has 0 bridgehead atoms. The van der Waals surface area contributed by atoms with Crippen molar-refractivity contribution in [2.75, 3.05) is 19.5 Å². The first kappa shape index (κ1) is 19.7. The average molecular weight is 402 g/mol. The second-order valence-corrected chi connectivity index (χ2v) is 6.40. The molecule has 0 aliphatic heterocycles. The van der Waals surface area contributed by atoms with Gasteiger partial charge in [-0.25, -0.2) is 0 Å². The molecule has 0 saturated heterocycles. The zero-order chi connectivity index (χ0) is 19.9. The summed E-state index contributed by atoms with van der Waals surface area (Å²) in [6.07, 6.45) is 1.42. The molecule has 0 unspecified atom stereocenters. The summed E-state index contributed by atoms with van der Waals surface area (Å²) >= 11 is 6.06. The molecule has 0 atom stereocenters. The van der Waals surface area contributed by atoms with Gasteiger partial charge in [0.1, 0.15) is 11.5 Å². The molecule has 1 N–H and O–H groups in total. The number of nitrogens with zero attached hydrogens (tertiary/aromatic N) is 2. The van der Waals surface area contributed by atoms with Crippen molar-refractivity contribution in [2.24, 2.45) is 0 Å². The Morgan fingerprint density at radius 1 is 1.14 bits per heavy atom. The molecule has 3 aromatic rings. The number of aryl methyl sites for hydroxylation is 1. The van der Waals surface area contributed by atoms with E-state index in [0.717, 1.165) is 11.3 Å². The minimum absolute atomic E-state index is 0.115. The number of amides is 1. The van der Waals surface area contributed by atoms with Crippen molar-refractivity contribution in [3.05, 3.63) is 53.4 Å². The molecule has 3 rings (SSSR count). The first-order valence-electron chi connectivity index (χ1n) is 8.69. The van der Waals surface area contributed by atoms with Crippen LogP contribution in [0.25, 0.3) is 11.4 Å². The lowest BCUT2D eigenvalue weighted by Crippen LogP contribution is -2.11. The summed E-state index contributed by atoms with van der Waals surface area (Å²) in [5.74, 6) is 2.21. The number of ether oxygens (including phenoxy) is 2. The molecule has 8 heteroatoms. The van der Waals surface area contributed by atoms with Gasteiger partial charge in [-0.1, -0.05) is 16.8 Å². The Labute approximate surface area is 167 Å². The third-order valence-electron chi connectivity index (χ3n) is 4.05. The second kappa shape index (κ2) is 9.23. The van der Waals surface area contributed by atoms with E-state index in [9.17, 15) is 4.79 Å². The predicted molar refractivity (Wildman–Crippen MR) is 106 cm³/mol. The largest absolute Gasteiger partial charge is 0.497 e. The number of carbonyl (C=O) groups is 1. The van der Waals surface area contributed by atoms with Crippen molar-refractivity contribution in [2.45, 2.75) is 19.3 Å². The summed E-state index contributed by atoms with van der Waals surface area (Å²) in [5, 5.41) is 7.23. The first-order valence-corrected chi connectivity index (χ1v) is 9.07. The number of halogens is 1. The predicted octanol–water partition coefficient (Wildman–Crippen LogP) is 4.37. The summed E-state index contributed by atoms with van der Waals surface area (Å²) in [6, 6.07) is 12.5. The molecule has 1 amide bonds. The van der Waals surface area contributed by atoms with Crippen molar-refractivity contribution >= 4 is 23.2 Å². The Morgan fingerprint density at radius 3 is 2.61 bits per heavy atom. The van der Waals surface area contributed by atoms with E-state index >= 15 is 0 Å². The fourth-order valence-corrected chi connectivity index (χ4v) is 2.84. The highest BCUT2D eigenvalue weighted by molar-refractivity contribution is 6.32. The number of hydrogen-bond acceptors (Lipinski definition) is 6. The maximum Gasteiger partial charge on any atom is 0.226 e. The van der Waals surface area contributed by atoms with Gasteiger partial charge in [0.25, 0.3) is 0 Å². The smallest absolute Gasteiger partial charge is 0.226 e. The van der Waals surface area contributed by atoms with Crippen LogP contribution in [0.1, 0.15) is 18.7 Å². The Balaban J connectivity index is 1.49. The quantitative estimate of drug-likeness (QED) is 0.603. The molecule has 0 fully saturated rings. The molecular weight excluding hydrogens is 382 g/mol. The maximum absolute atomic E-state index is 12.1. The Bertz CT molecular complexity index is 941. The molecule has 0 aliphatic rings. The fourth-order valence-electron chi connectivity index (χ4n) is 2.58. The number of aromatic nitrogens is 2. The van der Waals surface area contributed by atoms with Crippen molar-refractivity contribution in [3.8, 4) is 22.9 Å². The van der Waals surface area contributed by atoms with Crippen LogP contribution in [-0.4, -0.2) is 30.3 Å². The molecule has 1 heterocycles. The van der Waals surface area contributed by atoms with Crippen molar-refractivity contribution < 1.29 is 18.8 Å². The lowest BCUT2D eigenvalue weighted by atomic mass is 10.2. The van der Waals surface area contributed by atoms with Crippen LogP contribution in [0.4, 0.5) is 5.69 Å². The molecule has 0 radical (unpaired) electrons. The van der Waals surface area contributed by atoms with Crippen LogP contribution >= 0.6 is 11.6 Å². The molecule has 7 nitrogen and oxygen atoms in total. The second-order valence-electron chi connectivity index (χ2n) is 5.99. The van der Waals surface area contributed by atoms with E-state index in [2.05, 4.69) is 15.5 Å². The molecule has 2 aromatic carbocycles. The summed E-state index contributed by atoms with van der Waals surface area (Å²) in [5.41, 5.74) is 1.46. The lowest BCUT2D eigenvalue weighted by molar-refractivity contribution is -0.116. The number of hydrogen-bond donors (Lipinski definition) is 1. The summed E-state index contributed by atoms with van der Waals surface area (Å²) in [7, 11) is 3.15. The van der Waals surface area contributed by atoms with E-state index in [-0.39, 0.29) is 5.91 Å². The van der Waals surface area contributed by atoms with Crippen LogP contribution in [0.3, 0.4) is 0 Å². The molecule has 0 aliphatic carbocycles. The van der Waals surface area contributed by atoms with E-state index < -0.39 is 0 Å². The molecule has 1 aromatic heterocycles. The average Bonchev–Trinajstić information content (AvgIpc) is 3.17. The third kappa shape index (κ3) is 5.01. The Kier molecular flexibility index (Phi) is 6.49. The zero-order valence-corrected chi connectivity index (χ0v) is 16.3. The minimum Gasteiger partial charge on any atom is -0.497 e. The van der Waals surface area contributed by atoms with Crippen LogP contribution in [-0.2, 0) is 11.2 Å². The van der Waals surface area contributed by atoms with Gasteiger partial charge in [0.15, 0.2) is 0 Å². The van der Waals surface area contributed by atoms with Crippen LogP contribution in [0.5, 0.6) is 11.5 Å². The number of carbonyl (C=O) groups excluding carboxylic acids is 1. The molecule has 146 valence electrons. The molecule has 0 saturated carbocycles. The van der Waals surface area contributed by atoms with Crippen LogP contribution in [0.15, 0.2) is 47.0 Å². The topological polar surface area (TPSA) is 86.5 Å². The monoisotopic (exact) mass is 401 g/mol. The summed E-state index contributed by atoms with van der Waals surface area (Å²) < 4.78 is 15.5. The van der Waals surface area contributed by atoms with Gasteiger partial charge < -0.3 is 19.3 Å².